The Kier molecular flexibility index (Phi) is 6.23. The van der Waals surface area contributed by atoms with Crippen molar-refractivity contribution in [2.45, 2.75) is 31.6 Å². The summed E-state index contributed by atoms with van der Waals surface area (Å²) in [5.41, 5.74) is 1.74. The zero-order chi connectivity index (χ0) is 20.8. The van der Waals surface area contributed by atoms with E-state index in [1.807, 2.05) is 60.7 Å². The van der Waals surface area contributed by atoms with Gasteiger partial charge in [0.2, 0.25) is 0 Å². The van der Waals surface area contributed by atoms with Gasteiger partial charge in [0, 0.05) is 0 Å². The standard InChI is InChI=1S/C26H24O4/c27-25(21-7-3-1-4-8-21)30-24-17-15-20(16-18-24)19-11-13-22(14-12-19)26(28)29-23-9-5-2-6-10-23/h1-10,15-19,22H,11-14H2. The smallest absolute Gasteiger partial charge is 0.343 e. The monoisotopic (exact) mass is 400 g/mol. The molecule has 0 unspecified atom stereocenters. The number of hydrogen-bond donors (Lipinski definition) is 0. The number of ether oxygens (including phenoxy) is 2. The van der Waals surface area contributed by atoms with Gasteiger partial charge in [0.15, 0.2) is 0 Å². The summed E-state index contributed by atoms with van der Waals surface area (Å²) >= 11 is 0. The molecule has 152 valence electrons. The molecule has 1 saturated carbocycles. The van der Waals surface area contributed by atoms with E-state index in [1.165, 1.54) is 5.56 Å². The third kappa shape index (κ3) is 4.95. The lowest BCUT2D eigenvalue weighted by atomic mass is 9.79. The van der Waals surface area contributed by atoms with Crippen LogP contribution in [0.2, 0.25) is 0 Å². The zero-order valence-corrected chi connectivity index (χ0v) is 16.7. The van der Waals surface area contributed by atoms with Crippen LogP contribution in [-0.2, 0) is 4.79 Å². The molecule has 0 saturated heterocycles. The molecule has 4 rings (SSSR count). The van der Waals surface area contributed by atoms with Gasteiger partial charge in [-0.05, 0) is 73.6 Å². The van der Waals surface area contributed by atoms with Crippen LogP contribution < -0.4 is 9.47 Å². The van der Waals surface area contributed by atoms with E-state index in [9.17, 15) is 9.59 Å². The molecule has 3 aromatic carbocycles. The van der Waals surface area contributed by atoms with E-state index in [4.69, 9.17) is 9.47 Å². The summed E-state index contributed by atoms with van der Waals surface area (Å²) in [5.74, 6) is 0.999. The van der Waals surface area contributed by atoms with E-state index in [0.717, 1.165) is 25.7 Å². The molecular weight excluding hydrogens is 376 g/mol. The van der Waals surface area contributed by atoms with Crippen LogP contribution in [-0.4, -0.2) is 11.9 Å². The van der Waals surface area contributed by atoms with Crippen molar-refractivity contribution in [2.75, 3.05) is 0 Å². The van der Waals surface area contributed by atoms with E-state index >= 15 is 0 Å². The summed E-state index contributed by atoms with van der Waals surface area (Å²) in [6, 6.07) is 25.9. The second kappa shape index (κ2) is 9.40. The van der Waals surface area contributed by atoms with Gasteiger partial charge < -0.3 is 9.47 Å². The molecule has 0 N–H and O–H groups in total. The minimum atomic E-state index is -0.360. The Balaban J connectivity index is 1.29. The SMILES string of the molecule is O=C(Oc1ccc(C2CCC(C(=O)Oc3ccccc3)CC2)cc1)c1ccccc1. The number of para-hydroxylation sites is 1. The third-order valence-electron chi connectivity index (χ3n) is 5.59. The van der Waals surface area contributed by atoms with Gasteiger partial charge in [-0.2, -0.15) is 0 Å². The van der Waals surface area contributed by atoms with Gasteiger partial charge in [0.05, 0.1) is 11.5 Å². The van der Waals surface area contributed by atoms with E-state index < -0.39 is 0 Å². The fourth-order valence-electron chi connectivity index (χ4n) is 3.90. The normalized spacial score (nSPS) is 18.4. The number of carbonyl (C=O) groups is 2. The maximum atomic E-state index is 12.4. The average molecular weight is 400 g/mol. The second-order valence-electron chi connectivity index (χ2n) is 7.61. The molecule has 0 bridgehead atoms. The van der Waals surface area contributed by atoms with Crippen LogP contribution in [0.3, 0.4) is 0 Å². The molecule has 0 atom stereocenters. The number of rotatable bonds is 5. The van der Waals surface area contributed by atoms with E-state index in [0.29, 0.717) is 23.0 Å². The highest BCUT2D eigenvalue weighted by Gasteiger charge is 2.28. The molecule has 4 heteroatoms. The minimum Gasteiger partial charge on any atom is -0.426 e. The fraction of sp³-hybridized carbons (Fsp3) is 0.231. The molecular formula is C26H24O4. The van der Waals surface area contributed by atoms with Crippen molar-refractivity contribution in [1.82, 2.24) is 0 Å². The Morgan fingerprint density at radius 1 is 0.633 bits per heavy atom. The zero-order valence-electron chi connectivity index (χ0n) is 16.7. The molecule has 4 nitrogen and oxygen atoms in total. The topological polar surface area (TPSA) is 52.6 Å². The maximum Gasteiger partial charge on any atom is 0.343 e. The van der Waals surface area contributed by atoms with Crippen LogP contribution in [0.15, 0.2) is 84.9 Å². The minimum absolute atomic E-state index is 0.0486. The lowest BCUT2D eigenvalue weighted by Gasteiger charge is -2.27. The van der Waals surface area contributed by atoms with Crippen LogP contribution in [0.1, 0.15) is 47.5 Å². The fourth-order valence-corrected chi connectivity index (χ4v) is 3.90. The first-order valence-electron chi connectivity index (χ1n) is 10.3. The number of carbonyl (C=O) groups excluding carboxylic acids is 2. The predicted octanol–water partition coefficient (Wildman–Crippen LogP) is 5.79. The Labute approximate surface area is 176 Å². The highest BCUT2D eigenvalue weighted by atomic mass is 16.5. The lowest BCUT2D eigenvalue weighted by Crippen LogP contribution is -2.25. The quantitative estimate of drug-likeness (QED) is 0.402. The first kappa shape index (κ1) is 19.9. The van der Waals surface area contributed by atoms with Crippen LogP contribution in [0, 0.1) is 5.92 Å². The van der Waals surface area contributed by atoms with Gasteiger partial charge in [-0.1, -0.05) is 48.5 Å². The molecule has 1 aliphatic carbocycles. The van der Waals surface area contributed by atoms with Gasteiger partial charge in [0.1, 0.15) is 11.5 Å². The largest absolute Gasteiger partial charge is 0.426 e. The van der Waals surface area contributed by atoms with E-state index in [2.05, 4.69) is 0 Å². The molecule has 0 amide bonds. The molecule has 3 aromatic rings. The third-order valence-corrected chi connectivity index (χ3v) is 5.59. The molecule has 0 heterocycles. The maximum absolute atomic E-state index is 12.4. The van der Waals surface area contributed by atoms with Crippen molar-refractivity contribution in [3.63, 3.8) is 0 Å². The van der Waals surface area contributed by atoms with Gasteiger partial charge in [-0.25, -0.2) is 4.79 Å². The van der Waals surface area contributed by atoms with Crippen molar-refractivity contribution in [3.8, 4) is 11.5 Å². The van der Waals surface area contributed by atoms with Gasteiger partial charge >= 0.3 is 11.9 Å². The van der Waals surface area contributed by atoms with Gasteiger partial charge in [0.25, 0.3) is 0 Å². The Morgan fingerprint density at radius 3 is 1.83 bits per heavy atom. The van der Waals surface area contributed by atoms with Crippen LogP contribution in [0.25, 0.3) is 0 Å². The van der Waals surface area contributed by atoms with Gasteiger partial charge in [-0.3, -0.25) is 4.79 Å². The Hall–Kier alpha value is -3.40. The van der Waals surface area contributed by atoms with Crippen molar-refractivity contribution < 1.29 is 19.1 Å². The highest BCUT2D eigenvalue weighted by molar-refractivity contribution is 5.90. The van der Waals surface area contributed by atoms with E-state index in [-0.39, 0.29) is 17.9 Å². The summed E-state index contributed by atoms with van der Waals surface area (Å²) in [5, 5.41) is 0. The van der Waals surface area contributed by atoms with Crippen molar-refractivity contribution in [2.24, 2.45) is 5.92 Å². The molecule has 0 aromatic heterocycles. The Morgan fingerprint density at radius 2 is 1.20 bits per heavy atom. The number of esters is 2. The molecule has 1 aliphatic rings. The van der Waals surface area contributed by atoms with Gasteiger partial charge in [-0.15, -0.1) is 0 Å². The van der Waals surface area contributed by atoms with Crippen LogP contribution >= 0.6 is 0 Å². The van der Waals surface area contributed by atoms with Crippen LogP contribution in [0.5, 0.6) is 11.5 Å². The summed E-state index contributed by atoms with van der Waals surface area (Å²) in [4.78, 5) is 24.6. The van der Waals surface area contributed by atoms with Crippen LogP contribution in [0.4, 0.5) is 0 Å². The summed E-state index contributed by atoms with van der Waals surface area (Å²) in [6.07, 6.45) is 3.53. The molecule has 30 heavy (non-hydrogen) atoms. The molecule has 1 fully saturated rings. The van der Waals surface area contributed by atoms with E-state index in [1.54, 1.807) is 24.3 Å². The lowest BCUT2D eigenvalue weighted by molar-refractivity contribution is -0.140. The van der Waals surface area contributed by atoms with Crippen molar-refractivity contribution in [3.05, 3.63) is 96.1 Å². The first-order chi connectivity index (χ1) is 14.7. The number of hydrogen-bond acceptors (Lipinski definition) is 4. The Bertz CT molecular complexity index is 973. The predicted molar refractivity (Wildman–Crippen MR) is 115 cm³/mol. The molecule has 0 radical (unpaired) electrons. The summed E-state index contributed by atoms with van der Waals surface area (Å²) in [7, 11) is 0. The summed E-state index contributed by atoms with van der Waals surface area (Å²) in [6.45, 7) is 0. The molecule has 0 aliphatic heterocycles. The number of benzene rings is 3. The first-order valence-corrected chi connectivity index (χ1v) is 10.3. The summed E-state index contributed by atoms with van der Waals surface area (Å²) < 4.78 is 10.9. The molecule has 0 spiro atoms. The highest BCUT2D eigenvalue weighted by Crippen LogP contribution is 2.37. The average Bonchev–Trinajstić information content (AvgIpc) is 2.81. The second-order valence-corrected chi connectivity index (χ2v) is 7.61. The van der Waals surface area contributed by atoms with Crippen molar-refractivity contribution in [1.29, 1.82) is 0 Å². The van der Waals surface area contributed by atoms with Crippen molar-refractivity contribution >= 4 is 11.9 Å².